The van der Waals surface area contributed by atoms with Gasteiger partial charge in [0.15, 0.2) is 0 Å². The van der Waals surface area contributed by atoms with Crippen molar-refractivity contribution in [2.24, 2.45) is 0 Å². The van der Waals surface area contributed by atoms with E-state index in [2.05, 4.69) is 0 Å². The minimum Gasteiger partial charge on any atom is -0.396 e. The van der Waals surface area contributed by atoms with E-state index in [1.807, 2.05) is 42.5 Å². The fourth-order valence-electron chi connectivity index (χ4n) is 1.07. The van der Waals surface area contributed by atoms with Crippen molar-refractivity contribution >= 4 is 6.08 Å². The van der Waals surface area contributed by atoms with Gasteiger partial charge < -0.3 is 9.84 Å². The lowest BCUT2D eigenvalue weighted by Gasteiger charge is -1.97. The van der Waals surface area contributed by atoms with Crippen LogP contribution in [0.4, 0.5) is 0 Å². The summed E-state index contributed by atoms with van der Waals surface area (Å²) in [6.07, 6.45) is 4.71. The fraction of sp³-hybridized carbons (Fsp3) is 0.333. The average Bonchev–Trinajstić information content (AvgIpc) is 2.25. The summed E-state index contributed by atoms with van der Waals surface area (Å²) in [5, 5.41) is 8.50. The highest BCUT2D eigenvalue weighted by atomic mass is 16.5. The van der Waals surface area contributed by atoms with Gasteiger partial charge in [-0.2, -0.15) is 0 Å². The van der Waals surface area contributed by atoms with Crippen LogP contribution in [0.5, 0.6) is 0 Å². The summed E-state index contributed by atoms with van der Waals surface area (Å²) in [5.74, 6) is 0. The van der Waals surface area contributed by atoms with Gasteiger partial charge in [0.25, 0.3) is 0 Å². The zero-order valence-corrected chi connectivity index (χ0v) is 8.23. The van der Waals surface area contributed by atoms with Crippen molar-refractivity contribution in [3.05, 3.63) is 42.0 Å². The Labute approximate surface area is 84.8 Å². The molecule has 0 aliphatic heterocycles. The van der Waals surface area contributed by atoms with E-state index in [0.29, 0.717) is 19.6 Å². The number of aliphatic hydroxyl groups excluding tert-OH is 1. The Morgan fingerprint density at radius 3 is 2.71 bits per heavy atom. The quantitative estimate of drug-likeness (QED) is 0.699. The van der Waals surface area contributed by atoms with E-state index in [-0.39, 0.29) is 6.61 Å². The second-order valence-corrected chi connectivity index (χ2v) is 2.97. The molecule has 0 heterocycles. The minimum atomic E-state index is 0.197. The van der Waals surface area contributed by atoms with Crippen molar-refractivity contribution in [3.63, 3.8) is 0 Å². The highest BCUT2D eigenvalue weighted by Crippen LogP contribution is 2.00. The molecule has 76 valence electrons. The van der Waals surface area contributed by atoms with Gasteiger partial charge in [0.1, 0.15) is 0 Å². The van der Waals surface area contributed by atoms with Crippen LogP contribution in [0.1, 0.15) is 12.0 Å². The van der Waals surface area contributed by atoms with Gasteiger partial charge in [0.2, 0.25) is 0 Å². The van der Waals surface area contributed by atoms with Crippen LogP contribution in [0.25, 0.3) is 6.08 Å². The monoisotopic (exact) mass is 192 g/mol. The van der Waals surface area contributed by atoms with Crippen LogP contribution in [-0.4, -0.2) is 24.9 Å². The smallest absolute Gasteiger partial charge is 0.0650 e. The lowest BCUT2D eigenvalue weighted by Crippen LogP contribution is -1.96. The maximum absolute atomic E-state index is 8.50. The largest absolute Gasteiger partial charge is 0.396 e. The lowest BCUT2D eigenvalue weighted by atomic mass is 10.2. The molecule has 0 saturated carbocycles. The standard InChI is InChI=1S/C12H16O2/c13-9-5-11-14-10-4-8-12-6-2-1-3-7-12/h1-4,6-8,13H,5,9-11H2/b8-4+. The van der Waals surface area contributed by atoms with Crippen LogP contribution in [-0.2, 0) is 4.74 Å². The predicted octanol–water partition coefficient (Wildman–Crippen LogP) is 2.10. The number of hydrogen-bond acceptors (Lipinski definition) is 2. The summed E-state index contributed by atoms with van der Waals surface area (Å²) in [6, 6.07) is 10.1. The van der Waals surface area contributed by atoms with Gasteiger partial charge in [-0.3, -0.25) is 0 Å². The third-order valence-electron chi connectivity index (χ3n) is 1.77. The molecule has 0 amide bonds. The zero-order chi connectivity index (χ0) is 10.1. The Kier molecular flexibility index (Phi) is 5.71. The molecule has 14 heavy (non-hydrogen) atoms. The van der Waals surface area contributed by atoms with Gasteiger partial charge in [-0.15, -0.1) is 0 Å². The molecule has 0 fully saturated rings. The SMILES string of the molecule is OCCCOC/C=C/c1ccccc1. The third kappa shape index (κ3) is 4.80. The molecule has 1 rings (SSSR count). The molecular weight excluding hydrogens is 176 g/mol. The molecule has 0 aliphatic carbocycles. The van der Waals surface area contributed by atoms with Crippen LogP contribution in [0.15, 0.2) is 36.4 Å². The number of rotatable bonds is 6. The average molecular weight is 192 g/mol. The van der Waals surface area contributed by atoms with Gasteiger partial charge in [-0.25, -0.2) is 0 Å². The van der Waals surface area contributed by atoms with E-state index in [9.17, 15) is 0 Å². The fourth-order valence-corrected chi connectivity index (χ4v) is 1.07. The summed E-state index contributed by atoms with van der Waals surface area (Å²) in [6.45, 7) is 1.42. The summed E-state index contributed by atoms with van der Waals surface area (Å²) in [5.41, 5.74) is 1.18. The molecule has 0 bridgehead atoms. The lowest BCUT2D eigenvalue weighted by molar-refractivity contribution is 0.139. The van der Waals surface area contributed by atoms with Gasteiger partial charge in [0.05, 0.1) is 6.61 Å². The molecular formula is C12H16O2. The van der Waals surface area contributed by atoms with Crippen molar-refractivity contribution in [2.75, 3.05) is 19.8 Å². The Hall–Kier alpha value is -1.12. The van der Waals surface area contributed by atoms with Crippen molar-refractivity contribution < 1.29 is 9.84 Å². The highest BCUT2D eigenvalue weighted by Gasteiger charge is 1.84. The van der Waals surface area contributed by atoms with E-state index in [1.165, 1.54) is 5.56 Å². The number of aliphatic hydroxyl groups is 1. The molecule has 2 nitrogen and oxygen atoms in total. The Morgan fingerprint density at radius 2 is 2.00 bits per heavy atom. The first kappa shape index (κ1) is 11.0. The molecule has 1 N–H and O–H groups in total. The number of hydrogen-bond donors (Lipinski definition) is 1. The third-order valence-corrected chi connectivity index (χ3v) is 1.77. The molecule has 0 spiro atoms. The second-order valence-electron chi connectivity index (χ2n) is 2.97. The predicted molar refractivity (Wildman–Crippen MR) is 58.0 cm³/mol. The maximum atomic E-state index is 8.50. The maximum Gasteiger partial charge on any atom is 0.0650 e. The van der Waals surface area contributed by atoms with E-state index in [4.69, 9.17) is 9.84 Å². The number of benzene rings is 1. The van der Waals surface area contributed by atoms with Gasteiger partial charge in [-0.05, 0) is 12.0 Å². The normalized spacial score (nSPS) is 10.9. The van der Waals surface area contributed by atoms with Crippen LogP contribution in [0.3, 0.4) is 0 Å². The summed E-state index contributed by atoms with van der Waals surface area (Å²) < 4.78 is 5.25. The van der Waals surface area contributed by atoms with Crippen LogP contribution in [0, 0.1) is 0 Å². The van der Waals surface area contributed by atoms with E-state index in [1.54, 1.807) is 0 Å². The summed E-state index contributed by atoms with van der Waals surface area (Å²) >= 11 is 0. The molecule has 2 heteroatoms. The second kappa shape index (κ2) is 7.30. The molecule has 0 atom stereocenters. The van der Waals surface area contributed by atoms with Crippen LogP contribution in [0.2, 0.25) is 0 Å². The highest BCUT2D eigenvalue weighted by molar-refractivity contribution is 5.48. The van der Waals surface area contributed by atoms with Crippen LogP contribution >= 0.6 is 0 Å². The van der Waals surface area contributed by atoms with Crippen molar-refractivity contribution in [3.8, 4) is 0 Å². The summed E-state index contributed by atoms with van der Waals surface area (Å²) in [4.78, 5) is 0. The molecule has 0 radical (unpaired) electrons. The Morgan fingerprint density at radius 1 is 1.21 bits per heavy atom. The molecule has 0 aromatic heterocycles. The van der Waals surface area contributed by atoms with Gasteiger partial charge in [-0.1, -0.05) is 42.5 Å². The Bertz CT molecular complexity index is 254. The molecule has 1 aromatic rings. The first-order valence-corrected chi connectivity index (χ1v) is 4.83. The molecule has 0 unspecified atom stereocenters. The summed E-state index contributed by atoms with van der Waals surface area (Å²) in [7, 11) is 0. The molecule has 1 aromatic carbocycles. The topological polar surface area (TPSA) is 29.5 Å². The first-order valence-electron chi connectivity index (χ1n) is 4.83. The van der Waals surface area contributed by atoms with Gasteiger partial charge in [0, 0.05) is 13.2 Å². The van der Waals surface area contributed by atoms with Gasteiger partial charge >= 0.3 is 0 Å². The Balaban J connectivity index is 2.15. The zero-order valence-electron chi connectivity index (χ0n) is 8.23. The van der Waals surface area contributed by atoms with E-state index >= 15 is 0 Å². The minimum absolute atomic E-state index is 0.197. The number of ether oxygens (including phenoxy) is 1. The van der Waals surface area contributed by atoms with Crippen molar-refractivity contribution in [2.45, 2.75) is 6.42 Å². The van der Waals surface area contributed by atoms with Crippen LogP contribution < -0.4 is 0 Å². The van der Waals surface area contributed by atoms with E-state index < -0.39 is 0 Å². The molecule has 0 aliphatic rings. The van der Waals surface area contributed by atoms with E-state index in [0.717, 1.165) is 0 Å². The molecule has 0 saturated heterocycles. The first-order chi connectivity index (χ1) is 6.93. The van der Waals surface area contributed by atoms with Crippen molar-refractivity contribution in [1.29, 1.82) is 0 Å². The van der Waals surface area contributed by atoms with Crippen molar-refractivity contribution in [1.82, 2.24) is 0 Å².